The fourth-order valence-electron chi connectivity index (χ4n) is 1.73. The van der Waals surface area contributed by atoms with Crippen molar-refractivity contribution >= 4 is 5.96 Å². The van der Waals surface area contributed by atoms with Crippen molar-refractivity contribution in [2.75, 3.05) is 26.8 Å². The summed E-state index contributed by atoms with van der Waals surface area (Å²) >= 11 is 0. The number of nitrogens with zero attached hydrogens (tertiary/aromatic N) is 1. The fourth-order valence-corrected chi connectivity index (χ4v) is 1.73. The van der Waals surface area contributed by atoms with E-state index >= 15 is 0 Å². The summed E-state index contributed by atoms with van der Waals surface area (Å²) in [6.07, 6.45) is 7.01. The fraction of sp³-hybridized carbons (Fsp3) is 0.353. The number of hydrogen-bond acceptors (Lipinski definition) is 3. The second kappa shape index (κ2) is 10.2. The van der Waals surface area contributed by atoms with Crippen LogP contribution in [0, 0.1) is 12.3 Å². The number of aliphatic imine (C=N–C) groups is 1. The Kier molecular flexibility index (Phi) is 8.06. The molecule has 0 heterocycles. The molecule has 0 saturated carbocycles. The van der Waals surface area contributed by atoms with Gasteiger partial charge in [-0.25, -0.2) is 4.99 Å². The van der Waals surface area contributed by atoms with Crippen LogP contribution in [0.1, 0.15) is 12.5 Å². The SMILES string of the molecule is C#CCOc1cc(CN=C(NCC)NCC=C)ccc1OC. The summed E-state index contributed by atoms with van der Waals surface area (Å²) in [7, 11) is 1.60. The van der Waals surface area contributed by atoms with Crippen molar-refractivity contribution in [3.63, 3.8) is 0 Å². The normalized spacial score (nSPS) is 10.5. The van der Waals surface area contributed by atoms with E-state index in [-0.39, 0.29) is 6.61 Å². The van der Waals surface area contributed by atoms with E-state index in [1.54, 1.807) is 13.2 Å². The highest BCUT2D eigenvalue weighted by Gasteiger charge is 2.05. The Morgan fingerprint density at radius 1 is 1.41 bits per heavy atom. The van der Waals surface area contributed by atoms with Crippen molar-refractivity contribution in [2.24, 2.45) is 4.99 Å². The van der Waals surface area contributed by atoms with Gasteiger partial charge in [0.15, 0.2) is 17.5 Å². The third-order valence-electron chi connectivity index (χ3n) is 2.72. The first-order chi connectivity index (χ1) is 10.7. The molecule has 1 rings (SSSR count). The van der Waals surface area contributed by atoms with Gasteiger partial charge in [0.25, 0.3) is 0 Å². The highest BCUT2D eigenvalue weighted by Crippen LogP contribution is 2.28. The molecule has 0 aliphatic heterocycles. The van der Waals surface area contributed by atoms with Crippen LogP contribution < -0.4 is 20.1 Å². The molecular formula is C17H23N3O2. The predicted octanol–water partition coefficient (Wildman–Crippen LogP) is 1.95. The lowest BCUT2D eigenvalue weighted by atomic mass is 10.2. The molecule has 0 aliphatic carbocycles. The van der Waals surface area contributed by atoms with Crippen LogP contribution in [0.25, 0.3) is 0 Å². The van der Waals surface area contributed by atoms with Crippen molar-refractivity contribution < 1.29 is 9.47 Å². The van der Waals surface area contributed by atoms with Crippen LogP contribution in [0.3, 0.4) is 0 Å². The third-order valence-corrected chi connectivity index (χ3v) is 2.72. The molecule has 0 saturated heterocycles. The molecule has 22 heavy (non-hydrogen) atoms. The second-order valence-corrected chi connectivity index (χ2v) is 4.34. The Bertz CT molecular complexity index is 547. The number of hydrogen-bond donors (Lipinski definition) is 2. The molecule has 118 valence electrons. The molecule has 0 bridgehead atoms. The van der Waals surface area contributed by atoms with Gasteiger partial charge in [0, 0.05) is 13.1 Å². The number of benzene rings is 1. The Hall–Kier alpha value is -2.61. The van der Waals surface area contributed by atoms with E-state index in [1.807, 2.05) is 25.1 Å². The van der Waals surface area contributed by atoms with E-state index in [0.29, 0.717) is 24.6 Å². The van der Waals surface area contributed by atoms with Gasteiger partial charge in [-0.3, -0.25) is 0 Å². The van der Waals surface area contributed by atoms with Gasteiger partial charge in [0.05, 0.1) is 13.7 Å². The molecule has 0 amide bonds. The highest BCUT2D eigenvalue weighted by molar-refractivity contribution is 5.79. The molecule has 0 atom stereocenters. The van der Waals surface area contributed by atoms with Crippen LogP contribution in [-0.4, -0.2) is 32.8 Å². The zero-order valence-corrected chi connectivity index (χ0v) is 13.2. The predicted molar refractivity (Wildman–Crippen MR) is 90.3 cm³/mol. The van der Waals surface area contributed by atoms with Crippen LogP contribution in [0.15, 0.2) is 35.8 Å². The molecule has 0 spiro atoms. The first-order valence-corrected chi connectivity index (χ1v) is 7.11. The molecule has 1 aromatic carbocycles. The largest absolute Gasteiger partial charge is 0.493 e. The average molecular weight is 301 g/mol. The Labute approximate surface area is 132 Å². The summed E-state index contributed by atoms with van der Waals surface area (Å²) in [5.74, 6) is 4.46. The smallest absolute Gasteiger partial charge is 0.191 e. The number of rotatable bonds is 8. The summed E-state index contributed by atoms with van der Waals surface area (Å²) < 4.78 is 10.7. The van der Waals surface area contributed by atoms with Crippen LogP contribution >= 0.6 is 0 Å². The van der Waals surface area contributed by atoms with Crippen molar-refractivity contribution in [1.82, 2.24) is 10.6 Å². The molecule has 0 aromatic heterocycles. The minimum atomic E-state index is 0.201. The molecular weight excluding hydrogens is 278 g/mol. The van der Waals surface area contributed by atoms with Crippen molar-refractivity contribution in [2.45, 2.75) is 13.5 Å². The maximum Gasteiger partial charge on any atom is 0.191 e. The van der Waals surface area contributed by atoms with Crippen molar-refractivity contribution in [3.8, 4) is 23.8 Å². The van der Waals surface area contributed by atoms with Gasteiger partial charge >= 0.3 is 0 Å². The zero-order valence-electron chi connectivity index (χ0n) is 13.2. The summed E-state index contributed by atoms with van der Waals surface area (Å²) in [6, 6.07) is 5.68. The van der Waals surface area contributed by atoms with Gasteiger partial charge in [-0.15, -0.1) is 13.0 Å². The minimum Gasteiger partial charge on any atom is -0.493 e. The Morgan fingerprint density at radius 3 is 2.86 bits per heavy atom. The second-order valence-electron chi connectivity index (χ2n) is 4.34. The van der Waals surface area contributed by atoms with E-state index in [4.69, 9.17) is 15.9 Å². The summed E-state index contributed by atoms with van der Waals surface area (Å²) in [5.41, 5.74) is 1.00. The standard InChI is InChI=1S/C17H23N3O2/c1-5-10-19-17(18-7-3)20-13-14-8-9-15(21-4)16(12-14)22-11-6-2/h2,5,8-9,12H,1,7,10-11,13H2,3-4H3,(H2,18,19,20). The maximum atomic E-state index is 5.48. The van der Waals surface area contributed by atoms with Crippen LogP contribution in [0.5, 0.6) is 11.5 Å². The Morgan fingerprint density at radius 2 is 2.23 bits per heavy atom. The number of methoxy groups -OCH3 is 1. The first kappa shape index (κ1) is 17.4. The highest BCUT2D eigenvalue weighted by atomic mass is 16.5. The third kappa shape index (κ3) is 5.80. The number of ether oxygens (including phenoxy) is 2. The summed E-state index contributed by atoms with van der Waals surface area (Å²) in [4.78, 5) is 4.51. The van der Waals surface area contributed by atoms with E-state index in [0.717, 1.165) is 18.1 Å². The monoisotopic (exact) mass is 301 g/mol. The molecule has 0 aliphatic rings. The number of terminal acetylenes is 1. The van der Waals surface area contributed by atoms with Crippen molar-refractivity contribution in [3.05, 3.63) is 36.4 Å². The quantitative estimate of drug-likeness (QED) is 0.333. The lowest BCUT2D eigenvalue weighted by Crippen LogP contribution is -2.37. The topological polar surface area (TPSA) is 54.9 Å². The first-order valence-electron chi connectivity index (χ1n) is 7.11. The van der Waals surface area contributed by atoms with Crippen molar-refractivity contribution in [1.29, 1.82) is 0 Å². The van der Waals surface area contributed by atoms with Crippen LogP contribution in [0.4, 0.5) is 0 Å². The van der Waals surface area contributed by atoms with Crippen LogP contribution in [-0.2, 0) is 6.54 Å². The average Bonchev–Trinajstić information content (AvgIpc) is 2.55. The van der Waals surface area contributed by atoms with Gasteiger partial charge in [0.2, 0.25) is 0 Å². The van der Waals surface area contributed by atoms with Gasteiger partial charge in [0.1, 0.15) is 6.61 Å². The Balaban J connectivity index is 2.82. The maximum absolute atomic E-state index is 5.48. The molecule has 5 heteroatoms. The van der Waals surface area contributed by atoms with Gasteiger partial charge in [-0.1, -0.05) is 18.1 Å². The lowest BCUT2D eigenvalue weighted by Gasteiger charge is -2.11. The molecule has 2 N–H and O–H groups in total. The molecule has 0 unspecified atom stereocenters. The van der Waals surface area contributed by atoms with E-state index in [1.165, 1.54) is 0 Å². The van der Waals surface area contributed by atoms with Gasteiger partial charge in [-0.05, 0) is 24.6 Å². The number of guanidine groups is 1. The molecule has 0 radical (unpaired) electrons. The summed E-state index contributed by atoms with van der Waals surface area (Å²) in [6.45, 7) is 7.87. The number of nitrogens with one attached hydrogen (secondary N) is 2. The molecule has 5 nitrogen and oxygen atoms in total. The van der Waals surface area contributed by atoms with E-state index in [9.17, 15) is 0 Å². The van der Waals surface area contributed by atoms with Gasteiger partial charge < -0.3 is 20.1 Å². The molecule has 1 aromatic rings. The minimum absolute atomic E-state index is 0.201. The molecule has 0 fully saturated rings. The summed E-state index contributed by atoms with van der Waals surface area (Å²) in [5, 5.41) is 6.32. The van der Waals surface area contributed by atoms with E-state index in [2.05, 4.69) is 28.1 Å². The van der Waals surface area contributed by atoms with Gasteiger partial charge in [-0.2, -0.15) is 0 Å². The lowest BCUT2D eigenvalue weighted by molar-refractivity contribution is 0.330. The van der Waals surface area contributed by atoms with E-state index < -0.39 is 0 Å². The van der Waals surface area contributed by atoms with Crippen LogP contribution in [0.2, 0.25) is 0 Å². The zero-order chi connectivity index (χ0) is 16.2.